The number of aryl methyl sites for hydroxylation is 2. The molecule has 2 rings (SSSR count). The summed E-state index contributed by atoms with van der Waals surface area (Å²) in [4.78, 5) is 9.49. The molecule has 24 heavy (non-hydrogen) atoms. The van der Waals surface area contributed by atoms with E-state index in [-0.39, 0.29) is 6.61 Å². The van der Waals surface area contributed by atoms with E-state index in [1.54, 1.807) is 41.8 Å². The van der Waals surface area contributed by atoms with Gasteiger partial charge in [0.05, 0.1) is 27.9 Å². The standard InChI is InChI=1S/C17H19ClN4OS/c1-10-17(24-12(3)21-10)16(19)6-7-20-11(2)22-14-4-5-15(18)13(8-14)9-23/h4-8,22-23H,2,9,19H2,1,3H3/b16-6-,20-7?. The van der Waals surface area contributed by atoms with Crippen molar-refractivity contribution in [3.8, 4) is 0 Å². The SMILES string of the molecule is C=C(N=C/C=C(\N)c1sc(C)nc1C)Nc1ccc(Cl)c(CO)c1. The van der Waals surface area contributed by atoms with Crippen molar-refractivity contribution in [1.29, 1.82) is 0 Å². The number of aliphatic imine (C=N–C) groups is 1. The zero-order chi connectivity index (χ0) is 17.7. The van der Waals surface area contributed by atoms with Gasteiger partial charge in [-0.3, -0.25) is 0 Å². The zero-order valence-corrected chi connectivity index (χ0v) is 15.1. The molecule has 0 amide bonds. The van der Waals surface area contributed by atoms with Gasteiger partial charge in [0, 0.05) is 16.9 Å². The summed E-state index contributed by atoms with van der Waals surface area (Å²) in [6, 6.07) is 5.24. The lowest BCUT2D eigenvalue weighted by atomic mass is 10.2. The first-order valence-electron chi connectivity index (χ1n) is 7.20. The van der Waals surface area contributed by atoms with Crippen molar-refractivity contribution in [2.75, 3.05) is 5.32 Å². The van der Waals surface area contributed by atoms with Crippen LogP contribution in [0, 0.1) is 13.8 Å². The van der Waals surface area contributed by atoms with E-state index in [1.165, 1.54) is 0 Å². The van der Waals surface area contributed by atoms with E-state index in [0.29, 0.717) is 22.1 Å². The Balaban J connectivity index is 2.02. The van der Waals surface area contributed by atoms with Crippen LogP contribution < -0.4 is 11.1 Å². The topological polar surface area (TPSA) is 83.5 Å². The molecule has 126 valence electrons. The number of thiazole rings is 1. The molecule has 1 aromatic heterocycles. The number of rotatable bonds is 6. The Bertz CT molecular complexity index is 811. The molecular weight excluding hydrogens is 344 g/mol. The molecule has 0 spiro atoms. The second-order valence-corrected chi connectivity index (χ2v) is 6.69. The molecule has 7 heteroatoms. The third-order valence-corrected chi connectivity index (χ3v) is 4.65. The van der Waals surface area contributed by atoms with E-state index in [9.17, 15) is 5.11 Å². The average Bonchev–Trinajstić information content (AvgIpc) is 2.87. The molecule has 0 atom stereocenters. The summed E-state index contributed by atoms with van der Waals surface area (Å²) in [5.41, 5.74) is 8.96. The third-order valence-electron chi connectivity index (χ3n) is 3.15. The maximum Gasteiger partial charge on any atom is 0.122 e. The first kappa shape index (κ1) is 18.2. The molecule has 0 aliphatic rings. The Morgan fingerprint density at radius 2 is 2.25 bits per heavy atom. The summed E-state index contributed by atoms with van der Waals surface area (Å²) in [5, 5.41) is 13.7. The van der Waals surface area contributed by atoms with Crippen molar-refractivity contribution < 1.29 is 5.11 Å². The van der Waals surface area contributed by atoms with Gasteiger partial charge in [-0.2, -0.15) is 0 Å². The lowest BCUT2D eigenvalue weighted by Crippen LogP contribution is -1.98. The molecule has 0 saturated carbocycles. The van der Waals surface area contributed by atoms with Gasteiger partial charge in [0.15, 0.2) is 0 Å². The van der Waals surface area contributed by atoms with Gasteiger partial charge in [-0.25, -0.2) is 9.98 Å². The fourth-order valence-corrected chi connectivity index (χ4v) is 3.09. The highest BCUT2D eigenvalue weighted by atomic mass is 35.5. The average molecular weight is 363 g/mol. The second kappa shape index (κ2) is 8.10. The van der Waals surface area contributed by atoms with E-state index in [1.807, 2.05) is 13.8 Å². The molecule has 0 bridgehead atoms. The first-order valence-corrected chi connectivity index (χ1v) is 8.39. The number of aromatic nitrogens is 1. The van der Waals surface area contributed by atoms with Gasteiger partial charge in [-0.1, -0.05) is 18.2 Å². The molecule has 0 aliphatic carbocycles. The van der Waals surface area contributed by atoms with Crippen LogP contribution in [0.5, 0.6) is 0 Å². The highest BCUT2D eigenvalue weighted by Gasteiger charge is 2.06. The van der Waals surface area contributed by atoms with E-state index in [0.717, 1.165) is 21.3 Å². The van der Waals surface area contributed by atoms with Gasteiger partial charge in [0.1, 0.15) is 5.82 Å². The van der Waals surface area contributed by atoms with E-state index in [2.05, 4.69) is 21.9 Å². The number of hydrogen-bond donors (Lipinski definition) is 3. The molecule has 2 aromatic rings. The Morgan fingerprint density at radius 1 is 1.50 bits per heavy atom. The second-order valence-electron chi connectivity index (χ2n) is 5.08. The van der Waals surface area contributed by atoms with Crippen molar-refractivity contribution in [2.45, 2.75) is 20.5 Å². The monoisotopic (exact) mass is 362 g/mol. The predicted octanol–water partition coefficient (Wildman–Crippen LogP) is 3.86. The normalized spacial score (nSPS) is 11.9. The molecular formula is C17H19ClN4OS. The maximum absolute atomic E-state index is 9.22. The van der Waals surface area contributed by atoms with Crippen molar-refractivity contribution in [2.24, 2.45) is 10.7 Å². The number of aliphatic hydroxyl groups is 1. The smallest absolute Gasteiger partial charge is 0.122 e. The van der Waals surface area contributed by atoms with Gasteiger partial charge in [0.25, 0.3) is 0 Å². The Labute approximate surface area is 150 Å². The number of nitrogens with zero attached hydrogens (tertiary/aromatic N) is 2. The van der Waals surface area contributed by atoms with Crippen LogP contribution in [0.4, 0.5) is 5.69 Å². The highest BCUT2D eigenvalue weighted by molar-refractivity contribution is 7.12. The molecule has 1 aromatic carbocycles. The molecule has 0 radical (unpaired) electrons. The minimum atomic E-state index is -0.128. The summed E-state index contributed by atoms with van der Waals surface area (Å²) in [6.45, 7) is 7.58. The summed E-state index contributed by atoms with van der Waals surface area (Å²) in [7, 11) is 0. The highest BCUT2D eigenvalue weighted by Crippen LogP contribution is 2.23. The zero-order valence-electron chi connectivity index (χ0n) is 13.5. The summed E-state index contributed by atoms with van der Waals surface area (Å²) >= 11 is 7.51. The van der Waals surface area contributed by atoms with Crippen molar-refractivity contribution >= 4 is 40.5 Å². The fraction of sp³-hybridized carbons (Fsp3) is 0.176. The van der Waals surface area contributed by atoms with Crippen LogP contribution in [0.25, 0.3) is 5.70 Å². The number of nitrogens with one attached hydrogen (secondary N) is 1. The molecule has 1 heterocycles. The molecule has 5 nitrogen and oxygen atoms in total. The van der Waals surface area contributed by atoms with Gasteiger partial charge in [-0.15, -0.1) is 11.3 Å². The minimum absolute atomic E-state index is 0.128. The molecule has 4 N–H and O–H groups in total. The van der Waals surface area contributed by atoms with Crippen molar-refractivity contribution in [3.05, 3.63) is 62.8 Å². The van der Waals surface area contributed by atoms with Crippen LogP contribution in [0.1, 0.15) is 21.1 Å². The van der Waals surface area contributed by atoms with Gasteiger partial charge in [-0.05, 0) is 43.7 Å². The van der Waals surface area contributed by atoms with Crippen molar-refractivity contribution in [1.82, 2.24) is 4.98 Å². The van der Waals surface area contributed by atoms with Crippen LogP contribution >= 0.6 is 22.9 Å². The van der Waals surface area contributed by atoms with Gasteiger partial charge in [0.2, 0.25) is 0 Å². The molecule has 0 fully saturated rings. The van der Waals surface area contributed by atoms with E-state index < -0.39 is 0 Å². The van der Waals surface area contributed by atoms with Gasteiger partial charge >= 0.3 is 0 Å². The lowest BCUT2D eigenvalue weighted by molar-refractivity contribution is 0.282. The Hall–Kier alpha value is -2.15. The predicted molar refractivity (Wildman–Crippen MR) is 102 cm³/mol. The van der Waals surface area contributed by atoms with Crippen LogP contribution in [0.2, 0.25) is 5.02 Å². The third kappa shape index (κ3) is 4.67. The Kier molecular flexibility index (Phi) is 6.14. The first-order chi connectivity index (χ1) is 11.4. The Morgan fingerprint density at radius 3 is 2.88 bits per heavy atom. The number of aliphatic hydroxyl groups excluding tert-OH is 1. The molecule has 0 saturated heterocycles. The van der Waals surface area contributed by atoms with Crippen molar-refractivity contribution in [3.63, 3.8) is 0 Å². The molecule has 0 unspecified atom stereocenters. The quantitative estimate of drug-likeness (QED) is 0.681. The summed E-state index contributed by atoms with van der Waals surface area (Å²) in [5.74, 6) is 0.447. The van der Waals surface area contributed by atoms with E-state index in [4.69, 9.17) is 17.3 Å². The number of nitrogens with two attached hydrogens (primary N) is 1. The number of allylic oxidation sites excluding steroid dienone is 1. The van der Waals surface area contributed by atoms with Crippen LogP contribution in [0.15, 0.2) is 41.7 Å². The van der Waals surface area contributed by atoms with Crippen LogP contribution in [0.3, 0.4) is 0 Å². The summed E-state index contributed by atoms with van der Waals surface area (Å²) in [6.07, 6.45) is 3.30. The van der Waals surface area contributed by atoms with E-state index >= 15 is 0 Å². The van der Waals surface area contributed by atoms with Crippen LogP contribution in [-0.2, 0) is 6.61 Å². The maximum atomic E-state index is 9.22. The van der Waals surface area contributed by atoms with Gasteiger partial charge < -0.3 is 16.2 Å². The minimum Gasteiger partial charge on any atom is -0.397 e. The summed E-state index contributed by atoms with van der Waals surface area (Å²) < 4.78 is 0. The fourth-order valence-electron chi connectivity index (χ4n) is 2.05. The lowest BCUT2D eigenvalue weighted by Gasteiger charge is -2.07. The van der Waals surface area contributed by atoms with Crippen LogP contribution in [-0.4, -0.2) is 16.3 Å². The number of hydrogen-bond acceptors (Lipinski definition) is 6. The largest absolute Gasteiger partial charge is 0.397 e. The number of halogens is 1. The number of anilines is 1. The number of benzene rings is 1. The molecule has 0 aliphatic heterocycles.